The highest BCUT2D eigenvalue weighted by Crippen LogP contribution is 2.27. The number of hydrogen-bond donors (Lipinski definition) is 1. The largest absolute Gasteiger partial charge is 0.497 e. The number of halogens is 2. The number of amides is 1. The second-order valence-corrected chi connectivity index (χ2v) is 8.59. The normalized spacial score (nSPS) is 15.3. The molecule has 0 aliphatic carbocycles. The van der Waals surface area contributed by atoms with Crippen molar-refractivity contribution in [1.29, 1.82) is 0 Å². The highest BCUT2D eigenvalue weighted by Gasteiger charge is 2.26. The van der Waals surface area contributed by atoms with Crippen molar-refractivity contribution < 1.29 is 13.9 Å². The quantitative estimate of drug-likeness (QED) is 0.531. The van der Waals surface area contributed by atoms with Gasteiger partial charge in [-0.1, -0.05) is 30.2 Å². The molecule has 2 heterocycles. The molecule has 0 saturated carbocycles. The molecule has 0 radical (unpaired) electrons. The van der Waals surface area contributed by atoms with Crippen molar-refractivity contribution in [3.63, 3.8) is 0 Å². The summed E-state index contributed by atoms with van der Waals surface area (Å²) in [6.07, 6.45) is 3.53. The van der Waals surface area contributed by atoms with Gasteiger partial charge < -0.3 is 10.1 Å². The number of nitrogens with zero attached hydrogens (tertiary/aromatic N) is 3. The predicted molar refractivity (Wildman–Crippen MR) is 127 cm³/mol. The summed E-state index contributed by atoms with van der Waals surface area (Å²) in [6, 6.07) is 13.9. The summed E-state index contributed by atoms with van der Waals surface area (Å²) in [5.74, 6) is 0.177. The van der Waals surface area contributed by atoms with E-state index in [0.29, 0.717) is 23.5 Å². The molecule has 0 bridgehead atoms. The van der Waals surface area contributed by atoms with E-state index in [4.69, 9.17) is 16.3 Å². The smallest absolute Gasteiger partial charge is 0.256 e. The lowest BCUT2D eigenvalue weighted by Gasteiger charge is -2.35. The molecule has 1 aliphatic heterocycles. The van der Waals surface area contributed by atoms with Crippen LogP contribution in [0, 0.1) is 12.7 Å². The first-order valence-corrected chi connectivity index (χ1v) is 11.5. The zero-order valence-corrected chi connectivity index (χ0v) is 19.6. The Bertz CT molecular complexity index is 1090. The summed E-state index contributed by atoms with van der Waals surface area (Å²) >= 11 is 6.53. The van der Waals surface area contributed by atoms with E-state index in [-0.39, 0.29) is 22.9 Å². The van der Waals surface area contributed by atoms with Crippen LogP contribution < -0.4 is 10.1 Å². The molecule has 33 heavy (non-hydrogen) atoms. The number of piperidine rings is 1. The van der Waals surface area contributed by atoms with Crippen molar-refractivity contribution in [3.8, 4) is 11.4 Å². The van der Waals surface area contributed by atoms with Crippen molar-refractivity contribution in [2.24, 2.45) is 0 Å². The second kappa shape index (κ2) is 10.4. The van der Waals surface area contributed by atoms with E-state index in [9.17, 15) is 9.18 Å². The first-order valence-electron chi connectivity index (χ1n) is 11.1. The van der Waals surface area contributed by atoms with Crippen molar-refractivity contribution in [2.45, 2.75) is 32.2 Å². The maximum absolute atomic E-state index is 13.3. The third-order valence-electron chi connectivity index (χ3n) is 6.09. The third kappa shape index (κ3) is 5.20. The summed E-state index contributed by atoms with van der Waals surface area (Å²) in [7, 11) is 1.65. The molecule has 6 nitrogen and oxygen atoms in total. The molecule has 4 rings (SSSR count). The molecule has 2 aromatic carbocycles. The molecule has 174 valence electrons. The zero-order valence-electron chi connectivity index (χ0n) is 18.9. The summed E-state index contributed by atoms with van der Waals surface area (Å²) in [6.45, 7) is 4.18. The number of aryl methyl sites for hydroxylation is 1. The fraction of sp³-hybridized carbons (Fsp3) is 0.360. The second-order valence-electron chi connectivity index (χ2n) is 8.24. The summed E-state index contributed by atoms with van der Waals surface area (Å²) in [5, 5.41) is 7.68. The van der Waals surface area contributed by atoms with Crippen LogP contribution in [0.1, 0.15) is 46.9 Å². The molecule has 1 aromatic heterocycles. The van der Waals surface area contributed by atoms with Gasteiger partial charge >= 0.3 is 0 Å². The monoisotopic (exact) mass is 470 g/mol. The number of rotatable bonds is 7. The van der Waals surface area contributed by atoms with Gasteiger partial charge in [0.15, 0.2) is 0 Å². The van der Waals surface area contributed by atoms with Gasteiger partial charge in [-0.15, -0.1) is 0 Å². The van der Waals surface area contributed by atoms with E-state index in [1.807, 2.05) is 12.1 Å². The minimum Gasteiger partial charge on any atom is -0.497 e. The summed E-state index contributed by atoms with van der Waals surface area (Å²) < 4.78 is 20.0. The maximum Gasteiger partial charge on any atom is 0.256 e. The van der Waals surface area contributed by atoms with Crippen LogP contribution >= 0.6 is 11.6 Å². The Kier molecular flexibility index (Phi) is 7.30. The molecule has 1 N–H and O–H groups in total. The predicted octanol–water partition coefficient (Wildman–Crippen LogP) is 4.94. The van der Waals surface area contributed by atoms with Gasteiger partial charge in [-0.2, -0.15) is 5.10 Å². The van der Waals surface area contributed by atoms with Gasteiger partial charge in [0.05, 0.1) is 30.1 Å². The minimum atomic E-state index is -0.348. The fourth-order valence-electron chi connectivity index (χ4n) is 4.30. The highest BCUT2D eigenvalue weighted by atomic mass is 35.5. The van der Waals surface area contributed by atoms with Crippen LogP contribution in [0.4, 0.5) is 4.39 Å². The molecule has 1 aliphatic rings. The number of methoxy groups -OCH3 is 1. The number of aromatic nitrogens is 2. The van der Waals surface area contributed by atoms with Crippen LogP contribution in [-0.2, 0) is 0 Å². The van der Waals surface area contributed by atoms with Gasteiger partial charge in [0, 0.05) is 6.54 Å². The Morgan fingerprint density at radius 1 is 1.12 bits per heavy atom. The highest BCUT2D eigenvalue weighted by molar-refractivity contribution is 6.33. The Labute approximate surface area is 198 Å². The van der Waals surface area contributed by atoms with Crippen molar-refractivity contribution >= 4 is 17.5 Å². The summed E-state index contributed by atoms with van der Waals surface area (Å²) in [4.78, 5) is 15.6. The molecule has 1 unspecified atom stereocenters. The van der Waals surface area contributed by atoms with Crippen LogP contribution in [0.25, 0.3) is 5.69 Å². The molecular weight excluding hydrogens is 443 g/mol. The van der Waals surface area contributed by atoms with Crippen LogP contribution in [0.2, 0.25) is 5.15 Å². The topological polar surface area (TPSA) is 59.4 Å². The molecule has 1 amide bonds. The van der Waals surface area contributed by atoms with Crippen molar-refractivity contribution in [1.82, 2.24) is 20.0 Å². The Morgan fingerprint density at radius 3 is 2.42 bits per heavy atom. The molecule has 0 spiro atoms. The molecule has 3 aromatic rings. The fourth-order valence-corrected chi connectivity index (χ4v) is 4.66. The SMILES string of the molecule is COc1ccc(C(CNC(=O)c2c(C)nn(-c3ccc(F)cc3)c2Cl)N2CCCCC2)cc1. The molecular formula is C25H28ClFN4O2. The van der Waals surface area contributed by atoms with Crippen LogP contribution in [0.5, 0.6) is 5.75 Å². The van der Waals surface area contributed by atoms with E-state index >= 15 is 0 Å². The maximum atomic E-state index is 13.3. The van der Waals surface area contributed by atoms with Gasteiger partial charge in [-0.05, 0) is 74.8 Å². The number of benzene rings is 2. The van der Waals surface area contributed by atoms with Crippen molar-refractivity contribution in [2.75, 3.05) is 26.7 Å². The van der Waals surface area contributed by atoms with E-state index < -0.39 is 0 Å². The molecule has 1 saturated heterocycles. The van der Waals surface area contributed by atoms with Gasteiger partial charge in [0.1, 0.15) is 16.7 Å². The lowest BCUT2D eigenvalue weighted by atomic mass is 10.0. The van der Waals surface area contributed by atoms with Gasteiger partial charge in [-0.25, -0.2) is 9.07 Å². The summed E-state index contributed by atoms with van der Waals surface area (Å²) in [5.41, 5.74) is 2.56. The first kappa shape index (κ1) is 23.3. The van der Waals surface area contributed by atoms with E-state index in [1.54, 1.807) is 26.2 Å². The van der Waals surface area contributed by atoms with Gasteiger partial charge in [-0.3, -0.25) is 9.69 Å². The number of nitrogens with one attached hydrogen (secondary N) is 1. The minimum absolute atomic E-state index is 0.0476. The van der Waals surface area contributed by atoms with Gasteiger partial charge in [0.25, 0.3) is 5.91 Å². The first-order chi connectivity index (χ1) is 16.0. The third-order valence-corrected chi connectivity index (χ3v) is 6.44. The average molecular weight is 471 g/mol. The number of carbonyl (C=O) groups excluding carboxylic acids is 1. The van der Waals surface area contributed by atoms with Crippen LogP contribution in [0.3, 0.4) is 0 Å². The molecule has 8 heteroatoms. The average Bonchev–Trinajstić information content (AvgIpc) is 3.14. The van der Waals surface area contributed by atoms with Crippen molar-refractivity contribution in [3.05, 3.63) is 76.3 Å². The number of carbonyl (C=O) groups is 1. The lowest BCUT2D eigenvalue weighted by molar-refractivity contribution is 0.0924. The number of likely N-dealkylation sites (tertiary alicyclic amines) is 1. The Morgan fingerprint density at radius 2 is 1.79 bits per heavy atom. The standard InChI is InChI=1S/C25H28ClFN4O2/c1-17-23(24(26)31(29-17)20-10-8-19(27)9-11-20)25(32)28-16-22(30-14-4-3-5-15-30)18-6-12-21(33-2)13-7-18/h6-13,22H,3-5,14-16H2,1-2H3,(H,28,32). The van der Waals surface area contributed by atoms with E-state index in [1.165, 1.54) is 23.2 Å². The van der Waals surface area contributed by atoms with Crippen LogP contribution in [0.15, 0.2) is 48.5 Å². The Balaban J connectivity index is 1.54. The molecule has 1 fully saturated rings. The van der Waals surface area contributed by atoms with E-state index in [2.05, 4.69) is 27.4 Å². The van der Waals surface area contributed by atoms with Crippen LogP contribution in [-0.4, -0.2) is 47.3 Å². The Hall–Kier alpha value is -2.90. The lowest BCUT2D eigenvalue weighted by Crippen LogP contribution is -2.40. The zero-order chi connectivity index (χ0) is 23.4. The number of ether oxygens (including phenoxy) is 1. The molecule has 1 atom stereocenters. The number of hydrogen-bond acceptors (Lipinski definition) is 4. The van der Waals surface area contributed by atoms with Gasteiger partial charge in [0.2, 0.25) is 0 Å². The van der Waals surface area contributed by atoms with E-state index in [0.717, 1.165) is 37.2 Å².